The number of thiazole rings is 1. The van der Waals surface area contributed by atoms with Crippen LogP contribution < -0.4 is 16.0 Å². The number of aromatic nitrogens is 1. The summed E-state index contributed by atoms with van der Waals surface area (Å²) in [6, 6.07) is 4.68. The van der Waals surface area contributed by atoms with Crippen LogP contribution in [0.3, 0.4) is 0 Å². The number of fused-ring (bicyclic) bond motifs is 1. The van der Waals surface area contributed by atoms with Crippen LogP contribution in [0, 0.1) is 17.8 Å². The zero-order chi connectivity index (χ0) is 31.5. The highest BCUT2D eigenvalue weighted by molar-refractivity contribution is 7.20. The van der Waals surface area contributed by atoms with Crippen molar-refractivity contribution in [2.75, 3.05) is 13.1 Å². The molecular formula is C31H43N5O6S. The van der Waals surface area contributed by atoms with E-state index in [0.717, 1.165) is 4.70 Å². The molecule has 3 heterocycles. The first-order valence-electron chi connectivity index (χ1n) is 15.0. The summed E-state index contributed by atoms with van der Waals surface area (Å²) >= 11 is 1.25. The summed E-state index contributed by atoms with van der Waals surface area (Å²) in [6.07, 6.45) is 1.10. The van der Waals surface area contributed by atoms with Gasteiger partial charge < -0.3 is 25.6 Å². The number of Topliss-reactive ketones (excluding diaryl/α,β-unsaturated/α-hetero) is 1. The van der Waals surface area contributed by atoms with E-state index in [1.165, 1.54) is 16.2 Å². The normalized spacial score (nSPS) is 22.2. The number of nitrogens with zero attached hydrogens (tertiary/aromatic N) is 2. The molecule has 0 aliphatic carbocycles. The van der Waals surface area contributed by atoms with Gasteiger partial charge in [-0.05, 0) is 70.4 Å². The van der Waals surface area contributed by atoms with Crippen molar-refractivity contribution in [2.24, 2.45) is 17.8 Å². The number of likely N-dealkylation sites (tertiary alicyclic amines) is 1. The number of para-hydroxylation sites is 1. The molecule has 5 atom stereocenters. The number of amides is 4. The van der Waals surface area contributed by atoms with Crippen LogP contribution in [0.2, 0.25) is 0 Å². The third-order valence-corrected chi connectivity index (χ3v) is 8.93. The third kappa shape index (κ3) is 8.10. The first-order valence-corrected chi connectivity index (χ1v) is 15.8. The third-order valence-electron chi connectivity index (χ3n) is 7.88. The van der Waals surface area contributed by atoms with Crippen LogP contribution in [0.15, 0.2) is 24.3 Å². The van der Waals surface area contributed by atoms with Crippen molar-refractivity contribution in [3.05, 3.63) is 29.3 Å². The van der Waals surface area contributed by atoms with Crippen molar-refractivity contribution in [1.29, 1.82) is 0 Å². The van der Waals surface area contributed by atoms with E-state index in [2.05, 4.69) is 20.9 Å². The van der Waals surface area contributed by atoms with Gasteiger partial charge >= 0.3 is 6.09 Å². The molecule has 0 spiro atoms. The molecule has 12 heteroatoms. The minimum atomic E-state index is -0.989. The number of ketones is 1. The van der Waals surface area contributed by atoms with Crippen LogP contribution in [0.25, 0.3) is 10.2 Å². The van der Waals surface area contributed by atoms with Crippen LogP contribution in [-0.4, -0.2) is 76.3 Å². The summed E-state index contributed by atoms with van der Waals surface area (Å²) < 4.78 is 6.24. The lowest BCUT2D eigenvalue weighted by atomic mass is 9.89. The van der Waals surface area contributed by atoms with Gasteiger partial charge in [0.05, 0.1) is 16.3 Å². The Bertz CT molecular complexity index is 1330. The van der Waals surface area contributed by atoms with Gasteiger partial charge in [-0.3, -0.25) is 19.2 Å². The first kappa shape index (κ1) is 32.4. The van der Waals surface area contributed by atoms with Gasteiger partial charge in [-0.2, -0.15) is 0 Å². The van der Waals surface area contributed by atoms with E-state index in [4.69, 9.17) is 4.74 Å². The number of benzene rings is 1. The minimum Gasteiger partial charge on any atom is -0.444 e. The van der Waals surface area contributed by atoms with Gasteiger partial charge in [0.25, 0.3) is 0 Å². The fourth-order valence-electron chi connectivity index (χ4n) is 5.56. The molecule has 3 N–H and O–H groups in total. The number of hydrogen-bond donors (Lipinski definition) is 3. The molecule has 4 amide bonds. The highest BCUT2D eigenvalue weighted by Gasteiger charge is 2.41. The molecule has 4 rings (SSSR count). The molecule has 2 fully saturated rings. The Labute approximate surface area is 256 Å². The molecule has 2 saturated heterocycles. The van der Waals surface area contributed by atoms with E-state index in [-0.39, 0.29) is 40.9 Å². The van der Waals surface area contributed by atoms with Gasteiger partial charge in [-0.1, -0.05) is 32.9 Å². The van der Waals surface area contributed by atoms with E-state index < -0.39 is 41.6 Å². The van der Waals surface area contributed by atoms with E-state index in [1.54, 1.807) is 20.8 Å². The molecule has 0 unspecified atom stereocenters. The average molecular weight is 614 g/mol. The lowest BCUT2D eigenvalue weighted by Gasteiger charge is -2.40. The van der Waals surface area contributed by atoms with Gasteiger partial charge in [-0.15, -0.1) is 11.3 Å². The summed E-state index contributed by atoms with van der Waals surface area (Å²) in [4.78, 5) is 72.7. The Kier molecular flexibility index (Phi) is 10.1. The number of carbonyl (C=O) groups excluding carboxylic acids is 5. The van der Waals surface area contributed by atoms with Gasteiger partial charge in [0.15, 0.2) is 5.01 Å². The van der Waals surface area contributed by atoms with E-state index >= 15 is 0 Å². The van der Waals surface area contributed by atoms with Crippen molar-refractivity contribution in [1.82, 2.24) is 25.8 Å². The summed E-state index contributed by atoms with van der Waals surface area (Å²) in [7, 11) is 0. The second-order valence-electron chi connectivity index (χ2n) is 13.0. The summed E-state index contributed by atoms with van der Waals surface area (Å²) in [6.45, 7) is 11.7. The van der Waals surface area contributed by atoms with E-state index in [1.807, 2.05) is 45.0 Å². The summed E-state index contributed by atoms with van der Waals surface area (Å²) in [5.41, 5.74) is -0.0480. The smallest absolute Gasteiger partial charge is 0.408 e. The molecule has 1 aromatic heterocycles. The predicted octanol–water partition coefficient (Wildman–Crippen LogP) is 3.67. The van der Waals surface area contributed by atoms with E-state index in [0.29, 0.717) is 37.9 Å². The predicted molar refractivity (Wildman–Crippen MR) is 164 cm³/mol. The summed E-state index contributed by atoms with van der Waals surface area (Å²) in [5.74, 6) is -1.87. The molecule has 0 saturated carbocycles. The first-order chi connectivity index (χ1) is 20.2. The van der Waals surface area contributed by atoms with Crippen molar-refractivity contribution in [3.8, 4) is 0 Å². The molecule has 1 aromatic carbocycles. The Morgan fingerprint density at radius 2 is 1.86 bits per heavy atom. The number of piperidine rings is 1. The molecular weight excluding hydrogens is 570 g/mol. The van der Waals surface area contributed by atoms with Gasteiger partial charge in [0.1, 0.15) is 17.7 Å². The van der Waals surface area contributed by atoms with Gasteiger partial charge in [-0.25, -0.2) is 9.78 Å². The second-order valence-corrected chi connectivity index (χ2v) is 14.0. The number of alkyl carbamates (subject to hydrolysis) is 1. The number of nitrogens with one attached hydrogen (secondary N) is 3. The lowest BCUT2D eigenvalue weighted by Crippen LogP contribution is -2.61. The average Bonchev–Trinajstić information content (AvgIpc) is 3.55. The zero-order valence-corrected chi connectivity index (χ0v) is 26.6. The number of carbonyl (C=O) groups is 5. The molecule has 11 nitrogen and oxygen atoms in total. The van der Waals surface area contributed by atoms with Crippen LogP contribution >= 0.6 is 11.3 Å². The maximum atomic E-state index is 13.9. The summed E-state index contributed by atoms with van der Waals surface area (Å²) in [5, 5.41) is 8.67. The molecule has 0 bridgehead atoms. The highest BCUT2D eigenvalue weighted by atomic mass is 32.1. The Morgan fingerprint density at radius 1 is 1.14 bits per heavy atom. The minimum absolute atomic E-state index is 0.136. The van der Waals surface area contributed by atoms with Crippen LogP contribution in [0.5, 0.6) is 0 Å². The van der Waals surface area contributed by atoms with Gasteiger partial charge in [0.2, 0.25) is 23.5 Å². The van der Waals surface area contributed by atoms with Crippen LogP contribution in [-0.2, 0) is 19.1 Å². The highest BCUT2D eigenvalue weighted by Crippen LogP contribution is 2.28. The Balaban J connectivity index is 1.57. The number of rotatable bonds is 9. The number of hydrogen-bond acceptors (Lipinski definition) is 8. The largest absolute Gasteiger partial charge is 0.444 e. The maximum absolute atomic E-state index is 13.9. The fourth-order valence-corrected chi connectivity index (χ4v) is 6.52. The van der Waals surface area contributed by atoms with Crippen LogP contribution in [0.1, 0.15) is 77.0 Å². The fraction of sp³-hybridized carbons (Fsp3) is 0.613. The molecule has 2 aliphatic heterocycles. The molecule has 234 valence electrons. The zero-order valence-electron chi connectivity index (χ0n) is 25.8. The van der Waals surface area contributed by atoms with Crippen LogP contribution in [0.4, 0.5) is 4.79 Å². The SMILES string of the molecule is CC(C)[C@H](NC(=O)OC(C)(C)C)C(=O)N1CC[C@@H](C)C[C@H]1C(=O)N[C@@H](C[C@@H]1CCNC1=O)C(=O)c1nc2ccccc2s1. The topological polar surface area (TPSA) is 147 Å². The van der Waals surface area contributed by atoms with Crippen molar-refractivity contribution >= 4 is 51.2 Å². The molecule has 2 aliphatic rings. The van der Waals surface area contributed by atoms with Gasteiger partial charge in [0, 0.05) is 19.0 Å². The maximum Gasteiger partial charge on any atom is 0.408 e. The van der Waals surface area contributed by atoms with Crippen molar-refractivity contribution in [2.45, 2.75) is 91.0 Å². The Morgan fingerprint density at radius 3 is 2.49 bits per heavy atom. The monoisotopic (exact) mass is 613 g/mol. The van der Waals surface area contributed by atoms with E-state index in [9.17, 15) is 24.0 Å². The number of ether oxygens (including phenoxy) is 1. The Hall–Kier alpha value is -3.54. The molecule has 0 radical (unpaired) electrons. The second kappa shape index (κ2) is 13.4. The van der Waals surface area contributed by atoms with Crippen molar-refractivity contribution in [3.63, 3.8) is 0 Å². The standard InChI is InChI=1S/C31H43N5O6S/c1-17(2)24(35-30(41)42-31(4,5)6)29(40)36-14-12-18(3)15-22(36)27(39)33-21(16-19-11-13-32-26(19)38)25(37)28-34-20-9-7-8-10-23(20)43-28/h7-10,17-19,21-22,24H,11-16H2,1-6H3,(H,32,38)(H,33,39)(H,35,41)/t18-,19+,21+,22+,24+/m1/s1. The van der Waals surface area contributed by atoms with Crippen molar-refractivity contribution < 1.29 is 28.7 Å². The molecule has 43 heavy (non-hydrogen) atoms. The lowest BCUT2D eigenvalue weighted by molar-refractivity contribution is -0.145. The molecule has 2 aromatic rings. The quantitative estimate of drug-likeness (QED) is 0.366.